The molecule has 0 aliphatic heterocycles. The predicted octanol–water partition coefficient (Wildman–Crippen LogP) is 0.418. The van der Waals surface area contributed by atoms with E-state index in [1.54, 1.807) is 7.11 Å². The second-order valence-corrected chi connectivity index (χ2v) is 4.19. The van der Waals surface area contributed by atoms with Gasteiger partial charge in [0, 0.05) is 12.0 Å². The van der Waals surface area contributed by atoms with Crippen molar-refractivity contribution in [2.75, 3.05) is 12.8 Å². The lowest BCUT2D eigenvalue weighted by Gasteiger charge is -1.99. The number of rotatable bonds is 3. The van der Waals surface area contributed by atoms with Crippen LogP contribution in [0.1, 0.15) is 4.88 Å². The van der Waals surface area contributed by atoms with Crippen molar-refractivity contribution in [3.8, 4) is 5.00 Å². The summed E-state index contributed by atoms with van der Waals surface area (Å²) < 4.78 is 6.35. The molecule has 0 saturated carbocycles. The molecule has 0 saturated heterocycles. The number of hydrogen-bond donors (Lipinski definition) is 1. The van der Waals surface area contributed by atoms with E-state index >= 15 is 0 Å². The van der Waals surface area contributed by atoms with Gasteiger partial charge in [0.05, 0.1) is 6.61 Å². The Morgan fingerprint density at radius 2 is 2.38 bits per heavy atom. The molecule has 7 heteroatoms. The van der Waals surface area contributed by atoms with Crippen molar-refractivity contribution in [3.05, 3.63) is 33.8 Å². The Bertz CT molecular complexity index is 548. The van der Waals surface area contributed by atoms with Crippen molar-refractivity contribution in [2.24, 2.45) is 0 Å². The highest BCUT2D eigenvalue weighted by Gasteiger charge is 2.05. The Kier molecular flexibility index (Phi) is 2.97. The fourth-order valence-electron chi connectivity index (χ4n) is 1.21. The van der Waals surface area contributed by atoms with Crippen molar-refractivity contribution in [1.29, 1.82) is 0 Å². The van der Waals surface area contributed by atoms with Crippen molar-refractivity contribution in [3.63, 3.8) is 0 Å². The van der Waals surface area contributed by atoms with Crippen molar-refractivity contribution >= 4 is 17.3 Å². The number of nitrogens with zero attached hydrogens (tertiary/aromatic N) is 3. The van der Waals surface area contributed by atoms with Crippen LogP contribution < -0.4 is 11.4 Å². The molecule has 0 unspecified atom stereocenters. The molecule has 16 heavy (non-hydrogen) atoms. The molecule has 0 fully saturated rings. The summed E-state index contributed by atoms with van der Waals surface area (Å²) in [5.74, 6) is -0.0186. The minimum absolute atomic E-state index is 0.0186. The molecule has 0 radical (unpaired) electrons. The molecule has 0 aliphatic carbocycles. The van der Waals surface area contributed by atoms with Gasteiger partial charge in [0.1, 0.15) is 11.3 Å². The average molecular weight is 238 g/mol. The summed E-state index contributed by atoms with van der Waals surface area (Å²) in [4.78, 5) is 19.9. The molecule has 0 spiro atoms. The predicted molar refractivity (Wildman–Crippen MR) is 60.6 cm³/mol. The highest BCUT2D eigenvalue weighted by molar-refractivity contribution is 7.14. The number of nitrogen functional groups attached to an aromatic ring is 1. The van der Waals surface area contributed by atoms with Crippen LogP contribution >= 0.6 is 11.3 Å². The van der Waals surface area contributed by atoms with E-state index in [9.17, 15) is 4.79 Å². The molecule has 84 valence electrons. The van der Waals surface area contributed by atoms with Crippen LogP contribution in [0.3, 0.4) is 0 Å². The Morgan fingerprint density at radius 3 is 3.06 bits per heavy atom. The Labute approximate surface area is 95.3 Å². The van der Waals surface area contributed by atoms with E-state index in [1.807, 2.05) is 12.1 Å². The second kappa shape index (κ2) is 4.42. The maximum Gasteiger partial charge on any atom is 0.357 e. The largest absolute Gasteiger partial charge is 0.379 e. The third kappa shape index (κ3) is 2.10. The third-order valence-corrected chi connectivity index (χ3v) is 2.95. The number of hydrogen-bond acceptors (Lipinski definition) is 6. The number of nitrogens with two attached hydrogens (primary N) is 1. The fraction of sp³-hybridized carbons (Fsp3) is 0.222. The van der Waals surface area contributed by atoms with Gasteiger partial charge in [-0.3, -0.25) is 0 Å². The zero-order chi connectivity index (χ0) is 11.5. The van der Waals surface area contributed by atoms with E-state index in [1.165, 1.54) is 22.2 Å². The van der Waals surface area contributed by atoms with Crippen LogP contribution in [0.25, 0.3) is 5.00 Å². The van der Waals surface area contributed by atoms with Gasteiger partial charge in [-0.25, -0.2) is 14.3 Å². The van der Waals surface area contributed by atoms with Gasteiger partial charge in [-0.1, -0.05) is 0 Å². The van der Waals surface area contributed by atoms with Crippen molar-refractivity contribution in [2.45, 2.75) is 6.61 Å². The van der Waals surface area contributed by atoms with Crippen LogP contribution in [0, 0.1) is 0 Å². The summed E-state index contributed by atoms with van der Waals surface area (Å²) in [5, 5.41) is 0.747. The van der Waals surface area contributed by atoms with Crippen LogP contribution in [0.4, 0.5) is 5.95 Å². The van der Waals surface area contributed by atoms with Gasteiger partial charge in [-0.05, 0) is 12.1 Å². The number of ether oxygens (including phenoxy) is 1. The Morgan fingerprint density at radius 1 is 1.56 bits per heavy atom. The first-order valence-electron chi connectivity index (χ1n) is 4.50. The fourth-order valence-corrected chi connectivity index (χ4v) is 2.16. The standard InChI is InChI=1S/C9H10N4O2S/c1-15-4-6-2-3-7(16-6)13-5-11-8(10)12-9(13)14/h2-3,5H,4H2,1H3,(H2,10,12,14). The monoisotopic (exact) mass is 238 g/mol. The molecule has 2 heterocycles. The van der Waals surface area contributed by atoms with Crippen molar-refractivity contribution in [1.82, 2.24) is 14.5 Å². The third-order valence-electron chi connectivity index (χ3n) is 1.89. The smallest absolute Gasteiger partial charge is 0.357 e. The van der Waals surface area contributed by atoms with Crippen molar-refractivity contribution < 1.29 is 4.74 Å². The molecule has 0 amide bonds. The van der Waals surface area contributed by atoms with Gasteiger partial charge in [0.2, 0.25) is 5.95 Å². The summed E-state index contributed by atoms with van der Waals surface area (Å²) in [7, 11) is 1.62. The van der Waals surface area contributed by atoms with E-state index in [-0.39, 0.29) is 5.95 Å². The molecular weight excluding hydrogens is 228 g/mol. The first-order valence-corrected chi connectivity index (χ1v) is 5.31. The zero-order valence-electron chi connectivity index (χ0n) is 8.58. The highest BCUT2D eigenvalue weighted by atomic mass is 32.1. The summed E-state index contributed by atoms with van der Waals surface area (Å²) in [6.45, 7) is 0.523. The maximum atomic E-state index is 11.5. The molecule has 0 aliphatic rings. The highest BCUT2D eigenvalue weighted by Crippen LogP contribution is 2.19. The lowest BCUT2D eigenvalue weighted by molar-refractivity contribution is 0.187. The first-order chi connectivity index (χ1) is 7.70. The quantitative estimate of drug-likeness (QED) is 0.837. The van der Waals surface area contributed by atoms with Gasteiger partial charge in [-0.2, -0.15) is 4.98 Å². The summed E-state index contributed by atoms with van der Waals surface area (Å²) >= 11 is 1.45. The molecule has 0 atom stereocenters. The van der Waals surface area contributed by atoms with Crippen LogP contribution in [-0.2, 0) is 11.3 Å². The summed E-state index contributed by atoms with van der Waals surface area (Å²) in [6.07, 6.45) is 1.37. The summed E-state index contributed by atoms with van der Waals surface area (Å²) in [5.41, 5.74) is 4.87. The van der Waals surface area contributed by atoms with Crippen LogP contribution in [0.2, 0.25) is 0 Å². The average Bonchev–Trinajstić information content (AvgIpc) is 2.67. The van der Waals surface area contributed by atoms with E-state index in [0.29, 0.717) is 6.61 Å². The molecule has 2 rings (SSSR count). The van der Waals surface area contributed by atoms with Gasteiger partial charge in [-0.15, -0.1) is 11.3 Å². The second-order valence-electron chi connectivity index (χ2n) is 3.04. The van der Waals surface area contributed by atoms with E-state index < -0.39 is 5.69 Å². The minimum Gasteiger partial charge on any atom is -0.379 e. The number of methoxy groups -OCH3 is 1. The van der Waals surface area contributed by atoms with Gasteiger partial charge < -0.3 is 10.5 Å². The zero-order valence-corrected chi connectivity index (χ0v) is 9.40. The topological polar surface area (TPSA) is 83.0 Å². The summed E-state index contributed by atoms with van der Waals surface area (Å²) in [6, 6.07) is 3.71. The van der Waals surface area contributed by atoms with E-state index in [0.717, 1.165) is 9.88 Å². The lowest BCUT2D eigenvalue weighted by Crippen LogP contribution is -2.22. The lowest BCUT2D eigenvalue weighted by atomic mass is 10.5. The van der Waals surface area contributed by atoms with Gasteiger partial charge >= 0.3 is 5.69 Å². The molecule has 0 bridgehead atoms. The Balaban J connectivity index is 2.39. The Hall–Kier alpha value is -1.73. The molecular formula is C9H10N4O2S. The number of anilines is 1. The molecule has 0 aromatic carbocycles. The van der Waals surface area contributed by atoms with E-state index in [2.05, 4.69) is 9.97 Å². The maximum absolute atomic E-state index is 11.5. The number of thiophene rings is 1. The minimum atomic E-state index is -0.432. The van der Waals surface area contributed by atoms with E-state index in [4.69, 9.17) is 10.5 Å². The van der Waals surface area contributed by atoms with Gasteiger partial charge in [0.25, 0.3) is 0 Å². The number of aromatic nitrogens is 3. The van der Waals surface area contributed by atoms with Crippen LogP contribution in [0.5, 0.6) is 0 Å². The SMILES string of the molecule is COCc1ccc(-n2cnc(N)nc2=O)s1. The molecule has 6 nitrogen and oxygen atoms in total. The molecule has 2 N–H and O–H groups in total. The van der Waals surface area contributed by atoms with Crippen LogP contribution in [0.15, 0.2) is 23.3 Å². The van der Waals surface area contributed by atoms with Crippen LogP contribution in [-0.4, -0.2) is 21.6 Å². The molecule has 2 aromatic rings. The molecule has 2 aromatic heterocycles. The van der Waals surface area contributed by atoms with Gasteiger partial charge in [0.15, 0.2) is 0 Å². The normalized spacial score (nSPS) is 10.6. The first kappa shape index (κ1) is 10.8.